The standard InChI is InChI=1S/C20H20FNO3/c1-13-11-22(12-14(2)25-13)20(24)18-6-4-3-5-17(18)19(23)15-7-9-16(21)10-8-15/h3-10,13-14H,11-12H2,1-2H3. The van der Waals surface area contributed by atoms with Crippen molar-refractivity contribution < 1.29 is 18.7 Å². The van der Waals surface area contributed by atoms with Crippen molar-refractivity contribution in [2.45, 2.75) is 26.1 Å². The summed E-state index contributed by atoms with van der Waals surface area (Å²) in [4.78, 5) is 27.5. The molecule has 1 aliphatic rings. The van der Waals surface area contributed by atoms with Crippen LogP contribution in [-0.2, 0) is 4.74 Å². The number of benzene rings is 2. The lowest BCUT2D eigenvalue weighted by atomic mass is 9.97. The monoisotopic (exact) mass is 341 g/mol. The molecule has 0 bridgehead atoms. The summed E-state index contributed by atoms with van der Waals surface area (Å²) in [5, 5.41) is 0. The Kier molecular flexibility index (Phi) is 4.95. The van der Waals surface area contributed by atoms with Gasteiger partial charge in [0.1, 0.15) is 5.82 Å². The van der Waals surface area contributed by atoms with Crippen LogP contribution in [-0.4, -0.2) is 41.9 Å². The van der Waals surface area contributed by atoms with Crippen LogP contribution in [0, 0.1) is 5.82 Å². The van der Waals surface area contributed by atoms with Crippen molar-refractivity contribution in [3.8, 4) is 0 Å². The molecular formula is C20H20FNO3. The Morgan fingerprint density at radius 3 is 2.12 bits per heavy atom. The largest absolute Gasteiger partial charge is 0.372 e. The van der Waals surface area contributed by atoms with Crippen molar-refractivity contribution in [2.75, 3.05) is 13.1 Å². The minimum Gasteiger partial charge on any atom is -0.372 e. The second kappa shape index (κ2) is 7.15. The zero-order valence-electron chi connectivity index (χ0n) is 14.2. The van der Waals surface area contributed by atoms with E-state index in [0.717, 1.165) is 0 Å². The third kappa shape index (κ3) is 3.77. The van der Waals surface area contributed by atoms with Gasteiger partial charge in [-0.05, 0) is 44.2 Å². The average Bonchev–Trinajstić information content (AvgIpc) is 2.60. The van der Waals surface area contributed by atoms with Crippen LogP contribution in [0.15, 0.2) is 48.5 Å². The van der Waals surface area contributed by atoms with Crippen LogP contribution in [0.5, 0.6) is 0 Å². The Hall–Kier alpha value is -2.53. The van der Waals surface area contributed by atoms with Crippen LogP contribution in [0.4, 0.5) is 4.39 Å². The van der Waals surface area contributed by atoms with Gasteiger partial charge in [0.2, 0.25) is 0 Å². The quantitative estimate of drug-likeness (QED) is 0.805. The van der Waals surface area contributed by atoms with Crippen LogP contribution in [0.2, 0.25) is 0 Å². The molecule has 130 valence electrons. The van der Waals surface area contributed by atoms with E-state index in [9.17, 15) is 14.0 Å². The van der Waals surface area contributed by atoms with Crippen molar-refractivity contribution in [2.24, 2.45) is 0 Å². The van der Waals surface area contributed by atoms with E-state index in [1.54, 1.807) is 29.2 Å². The molecule has 2 aromatic rings. The van der Waals surface area contributed by atoms with Gasteiger partial charge in [-0.15, -0.1) is 0 Å². The van der Waals surface area contributed by atoms with E-state index in [1.165, 1.54) is 24.3 Å². The number of morpholine rings is 1. The lowest BCUT2D eigenvalue weighted by Gasteiger charge is -2.35. The summed E-state index contributed by atoms with van der Waals surface area (Å²) in [6.07, 6.45) is -0.0969. The van der Waals surface area contributed by atoms with Gasteiger partial charge in [0.25, 0.3) is 5.91 Å². The Morgan fingerprint density at radius 2 is 1.52 bits per heavy atom. The molecule has 2 atom stereocenters. The first-order chi connectivity index (χ1) is 12.0. The number of ketones is 1. The molecule has 0 N–H and O–H groups in total. The number of halogens is 1. The zero-order chi connectivity index (χ0) is 18.0. The molecular weight excluding hydrogens is 321 g/mol. The van der Waals surface area contributed by atoms with Gasteiger partial charge in [-0.2, -0.15) is 0 Å². The topological polar surface area (TPSA) is 46.6 Å². The molecule has 4 nitrogen and oxygen atoms in total. The van der Waals surface area contributed by atoms with Crippen LogP contribution in [0.3, 0.4) is 0 Å². The van der Waals surface area contributed by atoms with E-state index in [0.29, 0.717) is 29.8 Å². The molecule has 0 saturated carbocycles. The molecule has 1 fully saturated rings. The fourth-order valence-corrected chi connectivity index (χ4v) is 3.14. The summed E-state index contributed by atoms with van der Waals surface area (Å²) in [5.41, 5.74) is 1.04. The van der Waals surface area contributed by atoms with Gasteiger partial charge < -0.3 is 9.64 Å². The molecule has 0 aliphatic carbocycles. The maximum absolute atomic E-state index is 13.1. The molecule has 5 heteroatoms. The molecule has 1 heterocycles. The lowest BCUT2D eigenvalue weighted by molar-refractivity contribution is -0.0586. The summed E-state index contributed by atoms with van der Waals surface area (Å²) >= 11 is 0. The first kappa shape index (κ1) is 17.3. The van der Waals surface area contributed by atoms with Crippen LogP contribution < -0.4 is 0 Å². The van der Waals surface area contributed by atoms with E-state index in [1.807, 2.05) is 13.8 Å². The van der Waals surface area contributed by atoms with Crippen LogP contribution in [0.25, 0.3) is 0 Å². The number of nitrogens with zero attached hydrogens (tertiary/aromatic N) is 1. The molecule has 3 rings (SSSR count). The fourth-order valence-electron chi connectivity index (χ4n) is 3.14. The summed E-state index contributed by atoms with van der Waals surface area (Å²) in [6, 6.07) is 12.1. The minimum atomic E-state index is -0.405. The van der Waals surface area contributed by atoms with E-state index in [4.69, 9.17) is 4.74 Å². The highest BCUT2D eigenvalue weighted by Gasteiger charge is 2.28. The molecule has 0 spiro atoms. The van der Waals surface area contributed by atoms with E-state index in [-0.39, 0.29) is 23.9 Å². The predicted octanol–water partition coefficient (Wildman–Crippen LogP) is 3.31. The second-order valence-electron chi connectivity index (χ2n) is 6.35. The van der Waals surface area contributed by atoms with Crippen molar-refractivity contribution in [1.82, 2.24) is 4.90 Å². The van der Waals surface area contributed by atoms with Crippen molar-refractivity contribution in [3.05, 3.63) is 71.0 Å². The number of carbonyl (C=O) groups excluding carboxylic acids is 2. The highest BCUT2D eigenvalue weighted by Crippen LogP contribution is 2.20. The van der Waals surface area contributed by atoms with Crippen LogP contribution in [0.1, 0.15) is 40.1 Å². The molecule has 25 heavy (non-hydrogen) atoms. The smallest absolute Gasteiger partial charge is 0.254 e. The van der Waals surface area contributed by atoms with Crippen molar-refractivity contribution in [1.29, 1.82) is 0 Å². The van der Waals surface area contributed by atoms with Gasteiger partial charge in [0.05, 0.1) is 17.8 Å². The SMILES string of the molecule is CC1CN(C(=O)c2ccccc2C(=O)c2ccc(F)cc2)CC(C)O1. The Morgan fingerprint density at radius 1 is 0.960 bits per heavy atom. The fraction of sp³-hybridized carbons (Fsp3) is 0.300. The lowest BCUT2D eigenvalue weighted by Crippen LogP contribution is -2.48. The first-order valence-electron chi connectivity index (χ1n) is 8.29. The molecule has 2 unspecified atom stereocenters. The Balaban J connectivity index is 1.91. The maximum Gasteiger partial charge on any atom is 0.254 e. The average molecular weight is 341 g/mol. The molecule has 1 amide bonds. The zero-order valence-corrected chi connectivity index (χ0v) is 14.2. The molecule has 2 aromatic carbocycles. The van der Waals surface area contributed by atoms with Gasteiger partial charge >= 0.3 is 0 Å². The Bertz CT molecular complexity index is 778. The highest BCUT2D eigenvalue weighted by atomic mass is 19.1. The van der Waals surface area contributed by atoms with Crippen molar-refractivity contribution >= 4 is 11.7 Å². The number of carbonyl (C=O) groups is 2. The van der Waals surface area contributed by atoms with Crippen LogP contribution >= 0.6 is 0 Å². The number of hydrogen-bond donors (Lipinski definition) is 0. The van der Waals surface area contributed by atoms with Gasteiger partial charge in [0.15, 0.2) is 5.78 Å². The number of hydrogen-bond acceptors (Lipinski definition) is 3. The number of rotatable bonds is 3. The molecule has 0 aromatic heterocycles. The summed E-state index contributed by atoms with van der Waals surface area (Å²) < 4.78 is 18.8. The predicted molar refractivity (Wildman–Crippen MR) is 92.2 cm³/mol. The highest BCUT2D eigenvalue weighted by molar-refractivity contribution is 6.15. The van der Waals surface area contributed by atoms with E-state index >= 15 is 0 Å². The summed E-state index contributed by atoms with van der Waals surface area (Å²) in [5.74, 6) is -0.886. The normalized spacial score (nSPS) is 20.4. The molecule has 1 aliphatic heterocycles. The third-order valence-corrected chi connectivity index (χ3v) is 4.22. The number of ether oxygens (including phenoxy) is 1. The van der Waals surface area contributed by atoms with E-state index in [2.05, 4.69) is 0 Å². The number of amides is 1. The minimum absolute atomic E-state index is 0.0485. The Labute approximate surface area is 146 Å². The third-order valence-electron chi connectivity index (χ3n) is 4.22. The molecule has 1 saturated heterocycles. The van der Waals surface area contributed by atoms with Crippen molar-refractivity contribution in [3.63, 3.8) is 0 Å². The maximum atomic E-state index is 13.1. The van der Waals surface area contributed by atoms with E-state index < -0.39 is 5.82 Å². The van der Waals surface area contributed by atoms with Gasteiger partial charge in [-0.3, -0.25) is 9.59 Å². The first-order valence-corrected chi connectivity index (χ1v) is 8.29. The van der Waals surface area contributed by atoms with Gasteiger partial charge in [0, 0.05) is 24.2 Å². The van der Waals surface area contributed by atoms with Gasteiger partial charge in [-0.25, -0.2) is 4.39 Å². The molecule has 0 radical (unpaired) electrons. The van der Waals surface area contributed by atoms with Gasteiger partial charge in [-0.1, -0.05) is 18.2 Å². The summed E-state index contributed by atoms with van der Waals surface area (Å²) in [7, 11) is 0. The summed E-state index contributed by atoms with van der Waals surface area (Å²) in [6.45, 7) is 4.82. The second-order valence-corrected chi connectivity index (χ2v) is 6.35.